The molecule has 0 aliphatic carbocycles. The van der Waals surface area contributed by atoms with E-state index < -0.39 is 9.84 Å². The number of hydrogen-bond donors (Lipinski definition) is 2. The van der Waals surface area contributed by atoms with Gasteiger partial charge in [-0.05, 0) is 55.0 Å². The Morgan fingerprint density at radius 2 is 1.85 bits per heavy atom. The van der Waals surface area contributed by atoms with Crippen LogP contribution in [0.3, 0.4) is 0 Å². The number of sulfone groups is 1. The van der Waals surface area contributed by atoms with Crippen molar-refractivity contribution in [1.82, 2.24) is 15.3 Å². The summed E-state index contributed by atoms with van der Waals surface area (Å²) in [4.78, 5) is 8.83. The molecule has 0 radical (unpaired) electrons. The molecule has 0 fully saturated rings. The van der Waals surface area contributed by atoms with Crippen LogP contribution in [0.25, 0.3) is 28.3 Å². The predicted molar refractivity (Wildman–Crippen MR) is 133 cm³/mol. The zero-order chi connectivity index (χ0) is 23.3. The molecular formula is C25H26N4O3S. The van der Waals surface area contributed by atoms with E-state index in [0.717, 1.165) is 45.1 Å². The second-order valence-corrected chi connectivity index (χ2v) is 10.0. The van der Waals surface area contributed by atoms with Crippen LogP contribution in [0.1, 0.15) is 18.2 Å². The molecule has 0 atom stereocenters. The summed E-state index contributed by atoms with van der Waals surface area (Å²) in [6.45, 7) is 2.84. The Labute approximate surface area is 193 Å². The Morgan fingerprint density at radius 3 is 2.61 bits per heavy atom. The Kier molecular flexibility index (Phi) is 6.86. The van der Waals surface area contributed by atoms with Crippen molar-refractivity contribution in [3.05, 3.63) is 78.3 Å². The molecule has 0 saturated carbocycles. The molecule has 2 heterocycles. The molecule has 0 spiro atoms. The molecule has 0 amide bonds. The van der Waals surface area contributed by atoms with Gasteiger partial charge in [-0.3, -0.25) is 0 Å². The molecule has 0 aliphatic rings. The van der Waals surface area contributed by atoms with Crippen LogP contribution in [0.5, 0.6) is 0 Å². The van der Waals surface area contributed by atoms with E-state index in [2.05, 4.69) is 26.7 Å². The average molecular weight is 463 g/mol. The zero-order valence-electron chi connectivity index (χ0n) is 18.6. The van der Waals surface area contributed by atoms with Gasteiger partial charge in [0.2, 0.25) is 0 Å². The monoisotopic (exact) mass is 462 g/mol. The van der Waals surface area contributed by atoms with Crippen LogP contribution in [0.4, 0.5) is 11.5 Å². The van der Waals surface area contributed by atoms with Crippen LogP contribution in [-0.2, 0) is 16.4 Å². The minimum absolute atomic E-state index is 0.0963. The molecule has 8 heteroatoms. The lowest BCUT2D eigenvalue weighted by Gasteiger charge is -2.09. The largest absolute Gasteiger partial charge is 0.460 e. The lowest BCUT2D eigenvalue weighted by molar-refractivity contribution is 0.498. The van der Waals surface area contributed by atoms with Gasteiger partial charge in [0.1, 0.15) is 33.5 Å². The van der Waals surface area contributed by atoms with Gasteiger partial charge < -0.3 is 15.1 Å². The van der Waals surface area contributed by atoms with E-state index in [4.69, 9.17) is 4.42 Å². The van der Waals surface area contributed by atoms with Crippen molar-refractivity contribution in [3.63, 3.8) is 0 Å². The van der Waals surface area contributed by atoms with Crippen LogP contribution in [0, 0.1) is 0 Å². The van der Waals surface area contributed by atoms with Gasteiger partial charge >= 0.3 is 0 Å². The second kappa shape index (κ2) is 9.97. The van der Waals surface area contributed by atoms with E-state index in [1.807, 2.05) is 67.6 Å². The third-order valence-corrected chi connectivity index (χ3v) is 6.01. The summed E-state index contributed by atoms with van der Waals surface area (Å²) in [6, 6.07) is 17.8. The number of nitrogens with one attached hydrogen (secondary N) is 2. The number of benzene rings is 2. The molecule has 170 valence electrons. The lowest BCUT2D eigenvalue weighted by atomic mass is 10.1. The van der Waals surface area contributed by atoms with E-state index in [-0.39, 0.29) is 5.75 Å². The van der Waals surface area contributed by atoms with Gasteiger partial charge in [0.25, 0.3) is 0 Å². The molecule has 7 nitrogen and oxygen atoms in total. The fraction of sp³-hybridized carbons (Fsp3) is 0.200. The first-order chi connectivity index (χ1) is 15.9. The van der Waals surface area contributed by atoms with E-state index in [0.29, 0.717) is 13.1 Å². The summed E-state index contributed by atoms with van der Waals surface area (Å²) < 4.78 is 28.4. The summed E-state index contributed by atoms with van der Waals surface area (Å²) in [5, 5.41) is 7.36. The molecule has 2 aromatic heterocycles. The smallest absolute Gasteiger partial charge is 0.148 e. The van der Waals surface area contributed by atoms with Crippen LogP contribution in [0.2, 0.25) is 0 Å². The average Bonchev–Trinajstić information content (AvgIpc) is 3.27. The summed E-state index contributed by atoms with van der Waals surface area (Å²) in [7, 11) is -2.98. The number of fused-ring (bicyclic) bond motifs is 1. The fourth-order valence-electron chi connectivity index (χ4n) is 3.41. The first kappa shape index (κ1) is 22.7. The first-order valence-corrected chi connectivity index (χ1v) is 12.7. The van der Waals surface area contributed by atoms with Crippen molar-refractivity contribution in [2.75, 3.05) is 23.9 Å². The lowest BCUT2D eigenvalue weighted by Crippen LogP contribution is -2.21. The van der Waals surface area contributed by atoms with Crippen LogP contribution in [0.15, 0.2) is 71.4 Å². The van der Waals surface area contributed by atoms with E-state index in [1.54, 1.807) is 6.33 Å². The van der Waals surface area contributed by atoms with Gasteiger partial charge in [-0.25, -0.2) is 18.4 Å². The Morgan fingerprint density at radius 1 is 1.03 bits per heavy atom. The maximum Gasteiger partial charge on any atom is 0.148 e. The topological polar surface area (TPSA) is 97.1 Å². The van der Waals surface area contributed by atoms with Crippen molar-refractivity contribution in [1.29, 1.82) is 0 Å². The third-order valence-electron chi connectivity index (χ3n) is 5.06. The number of rotatable bonds is 9. The van der Waals surface area contributed by atoms with Crippen LogP contribution in [-0.4, -0.2) is 36.9 Å². The Bertz CT molecular complexity index is 1380. The maximum absolute atomic E-state index is 11.2. The van der Waals surface area contributed by atoms with Gasteiger partial charge in [-0.2, -0.15) is 0 Å². The van der Waals surface area contributed by atoms with E-state index in [1.165, 1.54) is 6.26 Å². The molecule has 0 unspecified atom stereocenters. The fourth-order valence-corrected chi connectivity index (χ4v) is 3.93. The van der Waals surface area contributed by atoms with Crippen LogP contribution >= 0.6 is 0 Å². The van der Waals surface area contributed by atoms with Gasteiger partial charge in [0, 0.05) is 29.4 Å². The highest BCUT2D eigenvalue weighted by Gasteiger charge is 2.10. The molecule has 4 rings (SSSR count). The molecule has 0 saturated heterocycles. The first-order valence-electron chi connectivity index (χ1n) is 10.6. The predicted octanol–water partition coefficient (Wildman–Crippen LogP) is 4.80. The second-order valence-electron chi connectivity index (χ2n) is 7.77. The van der Waals surface area contributed by atoms with Gasteiger partial charge in [0.05, 0.1) is 17.8 Å². The number of hydrogen-bond acceptors (Lipinski definition) is 7. The number of nitrogens with zero attached hydrogens (tertiary/aromatic N) is 2. The maximum atomic E-state index is 11.2. The van der Waals surface area contributed by atoms with Crippen molar-refractivity contribution in [3.8, 4) is 11.3 Å². The molecule has 0 bridgehead atoms. The van der Waals surface area contributed by atoms with Gasteiger partial charge in [-0.1, -0.05) is 24.3 Å². The minimum atomic E-state index is -2.98. The summed E-state index contributed by atoms with van der Waals surface area (Å²) in [6.07, 6.45) is 6.83. The molecular weight excluding hydrogens is 436 g/mol. The summed E-state index contributed by atoms with van der Waals surface area (Å²) in [5.74, 6) is 2.28. The molecule has 4 aromatic rings. The Hall–Kier alpha value is -3.49. The quantitative estimate of drug-likeness (QED) is 0.345. The zero-order valence-corrected chi connectivity index (χ0v) is 19.4. The van der Waals surface area contributed by atoms with Crippen LogP contribution < -0.4 is 10.6 Å². The van der Waals surface area contributed by atoms with Crippen molar-refractivity contribution in [2.45, 2.75) is 13.5 Å². The van der Waals surface area contributed by atoms with E-state index >= 15 is 0 Å². The van der Waals surface area contributed by atoms with Crippen molar-refractivity contribution in [2.24, 2.45) is 0 Å². The highest BCUT2D eigenvalue weighted by atomic mass is 32.2. The summed E-state index contributed by atoms with van der Waals surface area (Å²) in [5.41, 5.74) is 3.81. The number of anilines is 2. The van der Waals surface area contributed by atoms with Crippen molar-refractivity contribution < 1.29 is 12.8 Å². The highest BCUT2D eigenvalue weighted by Crippen LogP contribution is 2.29. The number of aromatic nitrogens is 2. The standard InChI is InChI=1S/C25H26N4O3S/c1-3-4-18-5-8-20(9-6-18)29-25-22-15-19(7-11-23(22)27-17-28-25)24-12-10-21(32-24)16-26-13-14-33(2,30)31/h3-12,15,17,26H,13-14,16H2,1-2H3,(H,27,28,29)/b4-3+. The number of furan rings is 1. The third kappa shape index (κ3) is 6.06. The molecule has 33 heavy (non-hydrogen) atoms. The van der Waals surface area contributed by atoms with Gasteiger partial charge in [-0.15, -0.1) is 0 Å². The molecule has 2 aromatic carbocycles. The minimum Gasteiger partial charge on any atom is -0.460 e. The van der Waals surface area contributed by atoms with Crippen molar-refractivity contribution >= 4 is 38.3 Å². The molecule has 0 aliphatic heterocycles. The summed E-state index contributed by atoms with van der Waals surface area (Å²) >= 11 is 0. The molecule has 2 N–H and O–H groups in total. The Balaban J connectivity index is 1.52. The SMILES string of the molecule is C/C=C/c1ccc(Nc2ncnc3ccc(-c4ccc(CNCCS(C)(=O)=O)o4)cc23)cc1. The highest BCUT2D eigenvalue weighted by molar-refractivity contribution is 7.90. The number of allylic oxidation sites excluding steroid dienone is 1. The van der Waals surface area contributed by atoms with E-state index in [9.17, 15) is 8.42 Å². The normalized spacial score (nSPS) is 11.9. The van der Waals surface area contributed by atoms with Gasteiger partial charge in [0.15, 0.2) is 0 Å².